The lowest BCUT2D eigenvalue weighted by atomic mass is 10.1. The lowest BCUT2D eigenvalue weighted by Gasteiger charge is -2.39. The van der Waals surface area contributed by atoms with Gasteiger partial charge in [0.2, 0.25) is 15.9 Å². The zero-order valence-corrected chi connectivity index (χ0v) is 15.6. The quantitative estimate of drug-likeness (QED) is 0.823. The molecule has 1 aromatic rings. The summed E-state index contributed by atoms with van der Waals surface area (Å²) in [6, 6.07) is 7.87. The monoisotopic (exact) mass is 367 g/mol. The van der Waals surface area contributed by atoms with Crippen LogP contribution in [0.2, 0.25) is 0 Å². The van der Waals surface area contributed by atoms with Gasteiger partial charge in [0.15, 0.2) is 0 Å². The fourth-order valence-corrected chi connectivity index (χ4v) is 3.52. The summed E-state index contributed by atoms with van der Waals surface area (Å²) in [6.07, 6.45) is 1.12. The summed E-state index contributed by atoms with van der Waals surface area (Å²) in [6.45, 7) is 4.75. The topological polar surface area (TPSA) is 86.8 Å². The van der Waals surface area contributed by atoms with Crippen molar-refractivity contribution in [3.05, 3.63) is 35.9 Å². The first-order valence-corrected chi connectivity index (χ1v) is 10.1. The molecule has 0 aliphatic carbocycles. The number of amides is 2. The molecule has 1 aromatic carbocycles. The largest absolute Gasteiger partial charge is 0.354 e. The molecular formula is C17H25N3O4S. The van der Waals surface area contributed by atoms with E-state index in [-0.39, 0.29) is 37.4 Å². The lowest BCUT2D eigenvalue weighted by molar-refractivity contribution is -0.127. The number of carbonyl (C=O) groups is 2. The lowest BCUT2D eigenvalue weighted by Crippen LogP contribution is -2.61. The van der Waals surface area contributed by atoms with Gasteiger partial charge in [0.1, 0.15) is 6.04 Å². The van der Waals surface area contributed by atoms with Gasteiger partial charge in [-0.15, -0.1) is 0 Å². The second kappa shape index (κ2) is 7.97. The third kappa shape index (κ3) is 5.02. The number of piperazine rings is 1. The van der Waals surface area contributed by atoms with Crippen molar-refractivity contribution in [2.75, 3.05) is 32.4 Å². The summed E-state index contributed by atoms with van der Waals surface area (Å²) in [4.78, 5) is 26.8. The van der Waals surface area contributed by atoms with E-state index in [4.69, 9.17) is 0 Å². The first kappa shape index (κ1) is 19.4. The first-order chi connectivity index (χ1) is 11.7. The van der Waals surface area contributed by atoms with Crippen molar-refractivity contribution in [1.29, 1.82) is 0 Å². The number of hydrogen-bond acceptors (Lipinski definition) is 4. The summed E-state index contributed by atoms with van der Waals surface area (Å²) in [5.74, 6) is -0.332. The van der Waals surface area contributed by atoms with E-state index in [1.807, 2.05) is 19.9 Å². The van der Waals surface area contributed by atoms with Crippen LogP contribution in [0.3, 0.4) is 0 Å². The van der Waals surface area contributed by atoms with E-state index < -0.39 is 16.1 Å². The van der Waals surface area contributed by atoms with Crippen LogP contribution in [-0.4, -0.2) is 67.9 Å². The van der Waals surface area contributed by atoms with Gasteiger partial charge in [-0.05, 0) is 18.1 Å². The van der Waals surface area contributed by atoms with Crippen LogP contribution >= 0.6 is 0 Å². The number of rotatable bonds is 5. The van der Waals surface area contributed by atoms with Gasteiger partial charge in [-0.3, -0.25) is 9.59 Å². The molecule has 2 rings (SSSR count). The minimum Gasteiger partial charge on any atom is -0.354 e. The molecule has 138 valence electrons. The van der Waals surface area contributed by atoms with E-state index in [2.05, 4.69) is 5.32 Å². The summed E-state index contributed by atoms with van der Waals surface area (Å²) in [5, 5.41) is 2.81. The normalized spacial score (nSPS) is 19.0. The van der Waals surface area contributed by atoms with Crippen LogP contribution in [0.15, 0.2) is 30.3 Å². The molecule has 2 amide bonds. The van der Waals surface area contributed by atoms with Crippen molar-refractivity contribution in [1.82, 2.24) is 14.5 Å². The van der Waals surface area contributed by atoms with E-state index in [0.29, 0.717) is 12.1 Å². The standard InChI is InChI=1S/C17H25N3O4S/c1-13(2)11-18-16(21)15-12-19(25(3,23)24)9-10-20(15)17(22)14-7-5-4-6-8-14/h4-8,13,15H,9-12H2,1-3H3,(H,18,21). The van der Waals surface area contributed by atoms with Crippen LogP contribution in [0.5, 0.6) is 0 Å². The van der Waals surface area contributed by atoms with E-state index in [1.165, 1.54) is 9.21 Å². The van der Waals surface area contributed by atoms with Crippen molar-refractivity contribution in [2.45, 2.75) is 19.9 Å². The molecule has 0 bridgehead atoms. The molecule has 7 nitrogen and oxygen atoms in total. The Balaban J connectivity index is 2.23. The highest BCUT2D eigenvalue weighted by Crippen LogP contribution is 2.17. The van der Waals surface area contributed by atoms with E-state index in [1.54, 1.807) is 24.3 Å². The maximum absolute atomic E-state index is 12.8. The molecule has 25 heavy (non-hydrogen) atoms. The molecule has 0 saturated carbocycles. The highest BCUT2D eigenvalue weighted by atomic mass is 32.2. The molecular weight excluding hydrogens is 342 g/mol. The van der Waals surface area contributed by atoms with Crippen molar-refractivity contribution in [2.24, 2.45) is 5.92 Å². The predicted molar refractivity (Wildman–Crippen MR) is 95.5 cm³/mol. The van der Waals surface area contributed by atoms with Crippen molar-refractivity contribution < 1.29 is 18.0 Å². The Morgan fingerprint density at radius 1 is 1.20 bits per heavy atom. The molecule has 1 unspecified atom stereocenters. The second-order valence-corrected chi connectivity index (χ2v) is 8.62. The predicted octanol–water partition coefficient (Wildman–Crippen LogP) is 0.545. The molecule has 1 aliphatic heterocycles. The van der Waals surface area contributed by atoms with E-state index >= 15 is 0 Å². The highest BCUT2D eigenvalue weighted by Gasteiger charge is 2.38. The zero-order valence-electron chi connectivity index (χ0n) is 14.8. The van der Waals surface area contributed by atoms with Gasteiger partial charge >= 0.3 is 0 Å². The van der Waals surface area contributed by atoms with Crippen LogP contribution in [0.4, 0.5) is 0 Å². The highest BCUT2D eigenvalue weighted by molar-refractivity contribution is 7.88. The van der Waals surface area contributed by atoms with Crippen molar-refractivity contribution >= 4 is 21.8 Å². The van der Waals surface area contributed by atoms with Crippen LogP contribution in [0.25, 0.3) is 0 Å². The smallest absolute Gasteiger partial charge is 0.254 e. The molecule has 0 radical (unpaired) electrons. The molecule has 1 aliphatic rings. The van der Waals surface area contributed by atoms with Gasteiger partial charge in [0.05, 0.1) is 6.26 Å². The molecule has 1 heterocycles. The maximum atomic E-state index is 12.8. The third-order valence-corrected chi connectivity index (χ3v) is 5.35. The SMILES string of the molecule is CC(C)CNC(=O)C1CN(S(C)(=O)=O)CCN1C(=O)c1ccccc1. The summed E-state index contributed by atoms with van der Waals surface area (Å²) in [5.41, 5.74) is 0.483. The molecule has 1 atom stereocenters. The van der Waals surface area contributed by atoms with Gasteiger partial charge in [-0.1, -0.05) is 32.0 Å². The molecule has 0 spiro atoms. The number of nitrogens with one attached hydrogen (secondary N) is 1. The van der Waals surface area contributed by atoms with Crippen LogP contribution in [0.1, 0.15) is 24.2 Å². The van der Waals surface area contributed by atoms with Crippen molar-refractivity contribution in [3.63, 3.8) is 0 Å². The van der Waals surface area contributed by atoms with Crippen LogP contribution < -0.4 is 5.32 Å². The Hall–Kier alpha value is -1.93. The van der Waals surface area contributed by atoms with E-state index in [9.17, 15) is 18.0 Å². The van der Waals surface area contributed by atoms with E-state index in [0.717, 1.165) is 6.26 Å². The zero-order chi connectivity index (χ0) is 18.6. The molecule has 1 fully saturated rings. The fourth-order valence-electron chi connectivity index (χ4n) is 2.70. The molecule has 1 N–H and O–H groups in total. The minimum absolute atomic E-state index is 0.0265. The molecule has 0 aromatic heterocycles. The van der Waals surface area contributed by atoms with Crippen molar-refractivity contribution in [3.8, 4) is 0 Å². The van der Waals surface area contributed by atoms with Gasteiger partial charge in [-0.25, -0.2) is 8.42 Å². The van der Waals surface area contributed by atoms with Gasteiger partial charge in [0, 0.05) is 31.7 Å². The maximum Gasteiger partial charge on any atom is 0.254 e. The van der Waals surface area contributed by atoms with Gasteiger partial charge in [0.25, 0.3) is 5.91 Å². The summed E-state index contributed by atoms with van der Waals surface area (Å²) < 4.78 is 25.0. The fraction of sp³-hybridized carbons (Fsp3) is 0.529. The van der Waals surface area contributed by atoms with Crippen LogP contribution in [0, 0.1) is 5.92 Å². The Labute approximate surface area is 149 Å². The third-order valence-electron chi connectivity index (χ3n) is 4.08. The Bertz CT molecular complexity index is 719. The van der Waals surface area contributed by atoms with Gasteiger partial charge < -0.3 is 10.2 Å². The second-order valence-electron chi connectivity index (χ2n) is 6.64. The number of sulfonamides is 1. The number of hydrogen-bond donors (Lipinski definition) is 1. The average Bonchev–Trinajstić information content (AvgIpc) is 2.58. The van der Waals surface area contributed by atoms with Gasteiger partial charge in [-0.2, -0.15) is 4.31 Å². The Morgan fingerprint density at radius 3 is 2.40 bits per heavy atom. The summed E-state index contributed by atoms with van der Waals surface area (Å²) in [7, 11) is -3.42. The molecule has 1 saturated heterocycles. The Morgan fingerprint density at radius 2 is 1.84 bits per heavy atom. The summed E-state index contributed by atoms with van der Waals surface area (Å²) >= 11 is 0. The first-order valence-electron chi connectivity index (χ1n) is 8.29. The minimum atomic E-state index is -3.42. The molecule has 8 heteroatoms. The Kier molecular flexibility index (Phi) is 6.18. The number of benzene rings is 1. The number of carbonyl (C=O) groups excluding carboxylic acids is 2. The number of nitrogens with zero attached hydrogens (tertiary/aromatic N) is 2. The average molecular weight is 367 g/mol. The van der Waals surface area contributed by atoms with Crippen LogP contribution in [-0.2, 0) is 14.8 Å².